The molecule has 1 rings (SSSR count). The average molecular weight is 317 g/mol. The molecule has 0 saturated carbocycles. The highest BCUT2D eigenvalue weighted by atomic mass is 32.2. The first-order valence-electron chi connectivity index (χ1n) is 6.92. The molecule has 0 unspecified atom stereocenters. The number of nitrogens with one attached hydrogen (secondary N) is 1. The second-order valence-electron chi connectivity index (χ2n) is 5.35. The van der Waals surface area contributed by atoms with E-state index in [2.05, 4.69) is 5.32 Å². The topological polar surface area (TPSA) is 90.0 Å². The maximum Gasteiger partial charge on any atom is 0.327 e. The third-order valence-electron chi connectivity index (χ3n) is 3.48. The van der Waals surface area contributed by atoms with Gasteiger partial charge in [-0.2, -0.15) is 0 Å². The Morgan fingerprint density at radius 2 is 2.05 bits per heavy atom. The Balaban J connectivity index is 2.83. The molecule has 21 heavy (non-hydrogen) atoms. The summed E-state index contributed by atoms with van der Waals surface area (Å²) in [7, 11) is 1.64. The van der Waals surface area contributed by atoms with E-state index in [9.17, 15) is 14.4 Å². The SMILES string of the molecule is CCN(C)C(=O)N[C@H](C(=O)N1CSC[C@H]1C(=O)O)C(C)C. The van der Waals surface area contributed by atoms with Gasteiger partial charge in [0.2, 0.25) is 5.91 Å². The highest BCUT2D eigenvalue weighted by molar-refractivity contribution is 7.99. The van der Waals surface area contributed by atoms with Crippen LogP contribution in [0.4, 0.5) is 4.79 Å². The third-order valence-corrected chi connectivity index (χ3v) is 4.50. The molecule has 0 aliphatic carbocycles. The molecule has 0 radical (unpaired) electrons. The quantitative estimate of drug-likeness (QED) is 0.777. The zero-order chi connectivity index (χ0) is 16.2. The standard InChI is InChI=1S/C13H23N3O4S/c1-5-15(4)13(20)14-10(8(2)3)11(17)16-7-21-6-9(16)12(18)19/h8-10H,5-7H2,1-4H3,(H,14,20)(H,18,19)/t9-,10-/m0/s1. The number of nitrogens with zero attached hydrogens (tertiary/aromatic N) is 2. The zero-order valence-electron chi connectivity index (χ0n) is 12.8. The van der Waals surface area contributed by atoms with Crippen molar-refractivity contribution >= 4 is 29.7 Å². The lowest BCUT2D eigenvalue weighted by Gasteiger charge is -2.30. The van der Waals surface area contributed by atoms with E-state index in [0.29, 0.717) is 18.2 Å². The van der Waals surface area contributed by atoms with Crippen molar-refractivity contribution in [2.75, 3.05) is 25.2 Å². The van der Waals surface area contributed by atoms with Crippen LogP contribution in [0.5, 0.6) is 0 Å². The molecule has 2 atom stereocenters. The smallest absolute Gasteiger partial charge is 0.327 e. The van der Waals surface area contributed by atoms with Gasteiger partial charge in [-0.1, -0.05) is 13.8 Å². The van der Waals surface area contributed by atoms with Crippen LogP contribution in [0.1, 0.15) is 20.8 Å². The number of carbonyl (C=O) groups excluding carboxylic acids is 2. The Labute approximate surface area is 129 Å². The second-order valence-corrected chi connectivity index (χ2v) is 6.35. The number of amides is 3. The van der Waals surface area contributed by atoms with Gasteiger partial charge in [0.1, 0.15) is 12.1 Å². The second kappa shape index (κ2) is 7.53. The first kappa shape index (κ1) is 17.6. The number of rotatable bonds is 5. The van der Waals surface area contributed by atoms with Gasteiger partial charge in [-0.05, 0) is 12.8 Å². The van der Waals surface area contributed by atoms with E-state index < -0.39 is 18.1 Å². The molecule has 7 nitrogen and oxygen atoms in total. The number of carboxylic acid groups (broad SMARTS) is 1. The van der Waals surface area contributed by atoms with Gasteiger partial charge in [0.25, 0.3) is 0 Å². The first-order chi connectivity index (χ1) is 9.79. The van der Waals surface area contributed by atoms with Crippen molar-refractivity contribution in [2.24, 2.45) is 5.92 Å². The highest BCUT2D eigenvalue weighted by Crippen LogP contribution is 2.23. The van der Waals surface area contributed by atoms with Crippen molar-refractivity contribution in [3.8, 4) is 0 Å². The van der Waals surface area contributed by atoms with Gasteiger partial charge in [-0.25, -0.2) is 9.59 Å². The van der Waals surface area contributed by atoms with Crippen molar-refractivity contribution in [1.29, 1.82) is 0 Å². The maximum atomic E-state index is 12.6. The van der Waals surface area contributed by atoms with Crippen molar-refractivity contribution in [3.63, 3.8) is 0 Å². The number of urea groups is 1. The van der Waals surface area contributed by atoms with Gasteiger partial charge in [-0.3, -0.25) is 4.79 Å². The molecule has 120 valence electrons. The molecule has 1 aliphatic heterocycles. The van der Waals surface area contributed by atoms with Gasteiger partial charge in [0.05, 0.1) is 5.88 Å². The van der Waals surface area contributed by atoms with Crippen LogP contribution in [0.15, 0.2) is 0 Å². The predicted molar refractivity (Wildman–Crippen MR) is 81.1 cm³/mol. The van der Waals surface area contributed by atoms with Gasteiger partial charge >= 0.3 is 12.0 Å². The van der Waals surface area contributed by atoms with Crippen LogP contribution in [0.2, 0.25) is 0 Å². The lowest BCUT2D eigenvalue weighted by Crippen LogP contribution is -2.56. The lowest BCUT2D eigenvalue weighted by atomic mass is 10.0. The van der Waals surface area contributed by atoms with Gasteiger partial charge in [0, 0.05) is 19.3 Å². The van der Waals surface area contributed by atoms with E-state index in [4.69, 9.17) is 5.11 Å². The molecular formula is C13H23N3O4S. The molecule has 3 amide bonds. The lowest BCUT2D eigenvalue weighted by molar-refractivity contribution is -0.148. The normalized spacial score (nSPS) is 19.5. The van der Waals surface area contributed by atoms with E-state index in [0.717, 1.165) is 0 Å². The molecule has 2 N–H and O–H groups in total. The monoisotopic (exact) mass is 317 g/mol. The Kier molecular flexibility index (Phi) is 6.32. The molecule has 0 bridgehead atoms. The number of aliphatic carboxylic acids is 1. The summed E-state index contributed by atoms with van der Waals surface area (Å²) in [6.45, 7) is 6.02. The molecule has 0 aromatic carbocycles. The fraction of sp³-hybridized carbons (Fsp3) is 0.769. The van der Waals surface area contributed by atoms with Crippen LogP contribution in [-0.4, -0.2) is 70.1 Å². The first-order valence-corrected chi connectivity index (χ1v) is 8.07. The summed E-state index contributed by atoms with van der Waals surface area (Å²) in [5.41, 5.74) is 0. The summed E-state index contributed by atoms with van der Waals surface area (Å²) < 4.78 is 0. The molecule has 1 heterocycles. The summed E-state index contributed by atoms with van der Waals surface area (Å²) in [5.74, 6) is -0.729. The van der Waals surface area contributed by atoms with Crippen molar-refractivity contribution in [3.05, 3.63) is 0 Å². The Morgan fingerprint density at radius 3 is 2.52 bits per heavy atom. The van der Waals surface area contributed by atoms with Gasteiger partial charge in [-0.15, -0.1) is 11.8 Å². The number of carboxylic acids is 1. The molecule has 1 saturated heterocycles. The predicted octanol–water partition coefficient (Wildman–Crippen LogP) is 0.658. The molecule has 0 spiro atoms. The van der Waals surface area contributed by atoms with E-state index >= 15 is 0 Å². The fourth-order valence-electron chi connectivity index (χ4n) is 1.94. The summed E-state index contributed by atoms with van der Waals surface area (Å²) in [5, 5.41) is 11.9. The zero-order valence-corrected chi connectivity index (χ0v) is 13.6. The van der Waals surface area contributed by atoms with Crippen LogP contribution in [0.3, 0.4) is 0 Å². The van der Waals surface area contributed by atoms with Gasteiger partial charge in [0.15, 0.2) is 0 Å². The number of hydrogen-bond acceptors (Lipinski definition) is 4. The minimum absolute atomic E-state index is 0.119. The van der Waals surface area contributed by atoms with Crippen LogP contribution in [0, 0.1) is 5.92 Å². The van der Waals surface area contributed by atoms with Gasteiger partial charge < -0.3 is 20.2 Å². The molecule has 1 fully saturated rings. The van der Waals surface area contributed by atoms with E-state index in [-0.39, 0.29) is 17.9 Å². The summed E-state index contributed by atoms with van der Waals surface area (Å²) >= 11 is 1.41. The molecule has 1 aliphatic rings. The minimum atomic E-state index is -1.01. The Hall–Kier alpha value is -1.44. The third kappa shape index (κ3) is 4.26. The number of carbonyl (C=O) groups is 3. The number of hydrogen-bond donors (Lipinski definition) is 2. The van der Waals surface area contributed by atoms with Crippen molar-refractivity contribution < 1.29 is 19.5 Å². The van der Waals surface area contributed by atoms with Crippen LogP contribution >= 0.6 is 11.8 Å². The van der Waals surface area contributed by atoms with Crippen molar-refractivity contribution in [1.82, 2.24) is 15.1 Å². The summed E-state index contributed by atoms with van der Waals surface area (Å²) in [6, 6.07) is -1.86. The van der Waals surface area contributed by atoms with Crippen molar-refractivity contribution in [2.45, 2.75) is 32.9 Å². The Morgan fingerprint density at radius 1 is 1.43 bits per heavy atom. The molecular weight excluding hydrogens is 294 g/mol. The average Bonchev–Trinajstić information content (AvgIpc) is 2.91. The molecule has 0 aromatic heterocycles. The minimum Gasteiger partial charge on any atom is -0.480 e. The van der Waals surface area contributed by atoms with E-state index in [1.54, 1.807) is 7.05 Å². The van der Waals surface area contributed by atoms with E-state index in [1.807, 2.05) is 20.8 Å². The van der Waals surface area contributed by atoms with Crippen LogP contribution in [0.25, 0.3) is 0 Å². The molecule has 0 aromatic rings. The maximum absolute atomic E-state index is 12.6. The summed E-state index contributed by atoms with van der Waals surface area (Å²) in [4.78, 5) is 38.5. The summed E-state index contributed by atoms with van der Waals surface area (Å²) in [6.07, 6.45) is 0. The highest BCUT2D eigenvalue weighted by Gasteiger charge is 2.39. The molecule has 8 heteroatoms. The fourth-order valence-corrected chi connectivity index (χ4v) is 3.10. The van der Waals surface area contributed by atoms with Crippen LogP contribution < -0.4 is 5.32 Å². The number of thioether (sulfide) groups is 1. The Bertz CT molecular complexity index is 416. The largest absolute Gasteiger partial charge is 0.480 e. The van der Waals surface area contributed by atoms with E-state index in [1.165, 1.54) is 21.6 Å². The van der Waals surface area contributed by atoms with Crippen LogP contribution in [-0.2, 0) is 9.59 Å².